The van der Waals surface area contributed by atoms with Gasteiger partial charge in [0.1, 0.15) is 5.75 Å². The van der Waals surface area contributed by atoms with Crippen LogP contribution in [0.25, 0.3) is 0 Å². The van der Waals surface area contributed by atoms with Crippen molar-refractivity contribution in [3.05, 3.63) is 35.2 Å². The van der Waals surface area contributed by atoms with Crippen molar-refractivity contribution in [1.29, 1.82) is 0 Å². The first-order chi connectivity index (χ1) is 12.1. The molecule has 1 fully saturated rings. The van der Waals surface area contributed by atoms with E-state index in [9.17, 15) is 0 Å². The normalized spacial score (nSPS) is 18.1. The van der Waals surface area contributed by atoms with Gasteiger partial charge in [0.05, 0.1) is 13.2 Å². The van der Waals surface area contributed by atoms with Gasteiger partial charge in [0, 0.05) is 37.8 Å². The van der Waals surface area contributed by atoms with Gasteiger partial charge in [-0.15, -0.1) is 5.10 Å². The number of nitrogens with one attached hydrogen (secondary N) is 1. The molecule has 1 aliphatic heterocycles. The van der Waals surface area contributed by atoms with Gasteiger partial charge in [0.2, 0.25) is 0 Å². The Morgan fingerprint density at radius 1 is 1.36 bits per heavy atom. The Morgan fingerprint density at radius 3 is 2.76 bits per heavy atom. The van der Waals surface area contributed by atoms with Crippen LogP contribution < -0.4 is 10.1 Å². The number of hydrogen-bond acceptors (Lipinski definition) is 6. The van der Waals surface area contributed by atoms with Gasteiger partial charge in [-0.1, -0.05) is 17.7 Å². The molecule has 7 heteroatoms. The van der Waals surface area contributed by atoms with Gasteiger partial charge in [0.25, 0.3) is 0 Å². The average Bonchev–Trinajstić information content (AvgIpc) is 3.06. The van der Waals surface area contributed by atoms with Crippen LogP contribution >= 0.6 is 0 Å². The Bertz CT molecular complexity index is 709. The van der Waals surface area contributed by atoms with Crippen LogP contribution in [0.2, 0.25) is 0 Å². The molecule has 1 atom stereocenters. The number of ether oxygens (including phenoxy) is 2. The summed E-state index contributed by atoms with van der Waals surface area (Å²) in [7, 11) is 3.60. The van der Waals surface area contributed by atoms with Crippen LogP contribution in [0.1, 0.15) is 42.8 Å². The van der Waals surface area contributed by atoms with E-state index < -0.39 is 0 Å². The number of benzene rings is 1. The van der Waals surface area contributed by atoms with Crippen molar-refractivity contribution in [3.63, 3.8) is 0 Å². The maximum absolute atomic E-state index is 5.67. The second kappa shape index (κ2) is 7.49. The standard InChI is InChI=1S/C18H27N5O2/c1-13-5-6-16(24-4)15(11-13)18(7-9-25-10-8-18)12-19-14(2)17-20-21-22-23(17)3/h5-6,11,14,19H,7-10,12H2,1-4H3/t14-/m1/s1. The number of rotatable bonds is 6. The molecule has 0 bridgehead atoms. The molecule has 1 aromatic heterocycles. The smallest absolute Gasteiger partial charge is 0.167 e. The Labute approximate surface area is 148 Å². The van der Waals surface area contributed by atoms with Crippen LogP contribution in [0.4, 0.5) is 0 Å². The van der Waals surface area contributed by atoms with E-state index >= 15 is 0 Å². The number of aryl methyl sites for hydroxylation is 2. The second-order valence-corrected chi connectivity index (χ2v) is 6.86. The molecule has 0 unspecified atom stereocenters. The Balaban J connectivity index is 1.87. The highest BCUT2D eigenvalue weighted by molar-refractivity contribution is 5.43. The molecule has 7 nitrogen and oxygen atoms in total. The summed E-state index contributed by atoms with van der Waals surface area (Å²) in [5.74, 6) is 1.78. The maximum Gasteiger partial charge on any atom is 0.167 e. The Kier molecular flexibility index (Phi) is 5.34. The van der Waals surface area contributed by atoms with Crippen molar-refractivity contribution in [2.24, 2.45) is 7.05 Å². The van der Waals surface area contributed by atoms with Gasteiger partial charge in [-0.05, 0) is 43.2 Å². The van der Waals surface area contributed by atoms with Crippen LogP contribution in [-0.2, 0) is 17.2 Å². The van der Waals surface area contributed by atoms with Crippen molar-refractivity contribution >= 4 is 0 Å². The fourth-order valence-corrected chi connectivity index (χ4v) is 3.58. The van der Waals surface area contributed by atoms with E-state index in [1.165, 1.54) is 11.1 Å². The Morgan fingerprint density at radius 2 is 2.12 bits per heavy atom. The number of methoxy groups -OCH3 is 1. The van der Waals surface area contributed by atoms with E-state index in [0.717, 1.165) is 44.2 Å². The van der Waals surface area contributed by atoms with Gasteiger partial charge in [-0.2, -0.15) is 0 Å². The number of tetrazole rings is 1. The van der Waals surface area contributed by atoms with Crippen LogP contribution in [-0.4, -0.2) is 47.1 Å². The largest absolute Gasteiger partial charge is 0.496 e. The molecule has 1 aromatic carbocycles. The number of hydrogen-bond donors (Lipinski definition) is 1. The van der Waals surface area contributed by atoms with Crippen molar-refractivity contribution < 1.29 is 9.47 Å². The van der Waals surface area contributed by atoms with Gasteiger partial charge in [0.15, 0.2) is 5.82 Å². The van der Waals surface area contributed by atoms with Crippen molar-refractivity contribution in [2.45, 2.75) is 38.1 Å². The third-order valence-corrected chi connectivity index (χ3v) is 5.16. The van der Waals surface area contributed by atoms with E-state index in [0.29, 0.717) is 0 Å². The molecule has 0 radical (unpaired) electrons. The summed E-state index contributed by atoms with van der Waals surface area (Å²) in [4.78, 5) is 0. The first-order valence-electron chi connectivity index (χ1n) is 8.74. The molecule has 0 amide bonds. The lowest BCUT2D eigenvalue weighted by Crippen LogP contribution is -2.44. The van der Waals surface area contributed by atoms with Gasteiger partial charge < -0.3 is 14.8 Å². The van der Waals surface area contributed by atoms with E-state index in [1.54, 1.807) is 11.8 Å². The minimum atomic E-state index is -0.0180. The zero-order valence-electron chi connectivity index (χ0n) is 15.5. The molecule has 1 saturated heterocycles. The predicted molar refractivity (Wildman–Crippen MR) is 94.7 cm³/mol. The molecule has 2 aromatic rings. The molecule has 0 saturated carbocycles. The molecular formula is C18H27N5O2. The molecule has 3 rings (SSSR count). The number of nitrogens with zero attached hydrogens (tertiary/aromatic N) is 4. The van der Waals surface area contributed by atoms with Crippen LogP contribution in [0.3, 0.4) is 0 Å². The van der Waals surface area contributed by atoms with Crippen LogP contribution in [0, 0.1) is 6.92 Å². The highest BCUT2D eigenvalue weighted by Crippen LogP contribution is 2.40. The quantitative estimate of drug-likeness (QED) is 0.862. The van der Waals surface area contributed by atoms with Gasteiger partial charge >= 0.3 is 0 Å². The maximum atomic E-state index is 5.67. The fourth-order valence-electron chi connectivity index (χ4n) is 3.58. The van der Waals surface area contributed by atoms with Gasteiger partial charge in [-0.25, -0.2) is 4.68 Å². The lowest BCUT2D eigenvalue weighted by atomic mass is 9.73. The molecule has 25 heavy (non-hydrogen) atoms. The van der Waals surface area contributed by atoms with E-state index in [2.05, 4.69) is 52.9 Å². The highest BCUT2D eigenvalue weighted by atomic mass is 16.5. The molecule has 1 N–H and O–H groups in total. The highest BCUT2D eigenvalue weighted by Gasteiger charge is 2.37. The van der Waals surface area contributed by atoms with E-state index in [1.807, 2.05) is 7.05 Å². The summed E-state index contributed by atoms with van der Waals surface area (Å²) in [6.07, 6.45) is 1.92. The summed E-state index contributed by atoms with van der Waals surface area (Å²) in [6, 6.07) is 6.48. The summed E-state index contributed by atoms with van der Waals surface area (Å²) < 4.78 is 13.0. The minimum absolute atomic E-state index is 0.0180. The van der Waals surface area contributed by atoms with Crippen LogP contribution in [0.15, 0.2) is 18.2 Å². The fraction of sp³-hybridized carbons (Fsp3) is 0.611. The molecule has 2 heterocycles. The van der Waals surface area contributed by atoms with Crippen molar-refractivity contribution in [1.82, 2.24) is 25.5 Å². The molecule has 0 spiro atoms. The first-order valence-corrected chi connectivity index (χ1v) is 8.74. The number of aromatic nitrogens is 4. The lowest BCUT2D eigenvalue weighted by molar-refractivity contribution is 0.0480. The zero-order chi connectivity index (χ0) is 17.9. The monoisotopic (exact) mass is 345 g/mol. The Hall–Kier alpha value is -1.99. The third-order valence-electron chi connectivity index (χ3n) is 5.16. The summed E-state index contributed by atoms with van der Waals surface area (Å²) in [5, 5.41) is 15.4. The van der Waals surface area contributed by atoms with Crippen molar-refractivity contribution in [2.75, 3.05) is 26.9 Å². The second-order valence-electron chi connectivity index (χ2n) is 6.86. The summed E-state index contributed by atoms with van der Waals surface area (Å²) in [6.45, 7) is 6.56. The molecule has 0 aliphatic carbocycles. The first kappa shape index (κ1) is 17.8. The van der Waals surface area contributed by atoms with Crippen molar-refractivity contribution in [3.8, 4) is 5.75 Å². The van der Waals surface area contributed by atoms with Gasteiger partial charge in [-0.3, -0.25) is 0 Å². The predicted octanol–water partition coefficient (Wildman–Crippen LogP) is 1.93. The molecule has 136 valence electrons. The SMILES string of the molecule is COc1ccc(C)cc1C1(CN[C@H](C)c2nnnn2C)CCOCC1. The summed E-state index contributed by atoms with van der Waals surface area (Å²) in [5.41, 5.74) is 2.48. The lowest BCUT2D eigenvalue weighted by Gasteiger charge is -2.39. The minimum Gasteiger partial charge on any atom is -0.496 e. The van der Waals surface area contributed by atoms with E-state index in [4.69, 9.17) is 9.47 Å². The topological polar surface area (TPSA) is 74.1 Å². The van der Waals surface area contributed by atoms with Crippen LogP contribution in [0.5, 0.6) is 5.75 Å². The zero-order valence-corrected chi connectivity index (χ0v) is 15.5. The summed E-state index contributed by atoms with van der Waals surface area (Å²) >= 11 is 0. The molecule has 1 aliphatic rings. The third kappa shape index (κ3) is 3.67. The van der Waals surface area contributed by atoms with E-state index in [-0.39, 0.29) is 11.5 Å². The average molecular weight is 345 g/mol. The molecular weight excluding hydrogens is 318 g/mol.